The molecule has 0 aliphatic carbocycles. The SMILES string of the molecule is COCC(=O)NCc1cccc(-c2cnn(C)c2)c1. The number of benzene rings is 1. The second kappa shape index (κ2) is 6.15. The molecule has 5 nitrogen and oxygen atoms in total. The van der Waals surface area contributed by atoms with Crippen LogP contribution in [0.25, 0.3) is 11.1 Å². The van der Waals surface area contributed by atoms with Crippen LogP contribution in [0.4, 0.5) is 0 Å². The average Bonchev–Trinajstić information content (AvgIpc) is 2.84. The predicted molar refractivity (Wildman–Crippen MR) is 72.4 cm³/mol. The summed E-state index contributed by atoms with van der Waals surface area (Å²) in [5.41, 5.74) is 3.20. The van der Waals surface area contributed by atoms with Gasteiger partial charge in [0, 0.05) is 32.5 Å². The van der Waals surface area contributed by atoms with Crippen molar-refractivity contribution in [1.29, 1.82) is 0 Å². The van der Waals surface area contributed by atoms with Gasteiger partial charge >= 0.3 is 0 Å². The van der Waals surface area contributed by atoms with E-state index in [0.29, 0.717) is 6.54 Å². The van der Waals surface area contributed by atoms with E-state index in [4.69, 9.17) is 4.74 Å². The highest BCUT2D eigenvalue weighted by Crippen LogP contribution is 2.19. The monoisotopic (exact) mass is 259 g/mol. The normalized spacial score (nSPS) is 10.4. The molecule has 0 saturated carbocycles. The van der Waals surface area contributed by atoms with Gasteiger partial charge in [0.05, 0.1) is 6.20 Å². The first-order chi connectivity index (χ1) is 9.19. The molecule has 5 heteroatoms. The van der Waals surface area contributed by atoms with E-state index >= 15 is 0 Å². The van der Waals surface area contributed by atoms with Crippen molar-refractivity contribution in [3.05, 3.63) is 42.2 Å². The lowest BCUT2D eigenvalue weighted by molar-refractivity contribution is -0.124. The molecule has 1 aromatic carbocycles. The van der Waals surface area contributed by atoms with Gasteiger partial charge in [-0.2, -0.15) is 5.10 Å². The summed E-state index contributed by atoms with van der Waals surface area (Å²) in [6, 6.07) is 8.02. The van der Waals surface area contributed by atoms with Gasteiger partial charge in [0.25, 0.3) is 0 Å². The van der Waals surface area contributed by atoms with Crippen molar-refractivity contribution in [1.82, 2.24) is 15.1 Å². The number of hydrogen-bond donors (Lipinski definition) is 1. The molecule has 0 bridgehead atoms. The highest BCUT2D eigenvalue weighted by Gasteiger charge is 2.03. The van der Waals surface area contributed by atoms with E-state index in [1.165, 1.54) is 7.11 Å². The van der Waals surface area contributed by atoms with Crippen LogP contribution in [0.15, 0.2) is 36.7 Å². The molecule has 0 unspecified atom stereocenters. The molecule has 0 aliphatic heterocycles. The van der Waals surface area contributed by atoms with Crippen molar-refractivity contribution in [2.24, 2.45) is 7.05 Å². The molecule has 1 aromatic heterocycles. The van der Waals surface area contributed by atoms with Gasteiger partial charge in [-0.25, -0.2) is 0 Å². The molecule has 0 fully saturated rings. The molecule has 1 N–H and O–H groups in total. The summed E-state index contributed by atoms with van der Waals surface area (Å²) in [6.45, 7) is 0.582. The van der Waals surface area contributed by atoms with Crippen molar-refractivity contribution in [3.63, 3.8) is 0 Å². The van der Waals surface area contributed by atoms with Gasteiger partial charge in [-0.3, -0.25) is 9.48 Å². The largest absolute Gasteiger partial charge is 0.375 e. The lowest BCUT2D eigenvalue weighted by Crippen LogP contribution is -2.26. The predicted octanol–water partition coefficient (Wildman–Crippen LogP) is 1.35. The van der Waals surface area contributed by atoms with Gasteiger partial charge in [0.2, 0.25) is 5.91 Å². The molecule has 1 heterocycles. The van der Waals surface area contributed by atoms with E-state index in [2.05, 4.69) is 10.4 Å². The lowest BCUT2D eigenvalue weighted by Gasteiger charge is -2.06. The molecule has 2 rings (SSSR count). The van der Waals surface area contributed by atoms with E-state index in [9.17, 15) is 4.79 Å². The number of ether oxygens (including phenoxy) is 1. The van der Waals surface area contributed by atoms with Crippen LogP contribution in [-0.2, 0) is 23.1 Å². The first kappa shape index (κ1) is 13.3. The zero-order chi connectivity index (χ0) is 13.7. The Balaban J connectivity index is 2.05. The highest BCUT2D eigenvalue weighted by atomic mass is 16.5. The van der Waals surface area contributed by atoms with Crippen molar-refractivity contribution >= 4 is 5.91 Å². The zero-order valence-electron chi connectivity index (χ0n) is 11.1. The number of amides is 1. The number of carbonyl (C=O) groups excluding carboxylic acids is 1. The topological polar surface area (TPSA) is 56.1 Å². The van der Waals surface area contributed by atoms with E-state index in [1.807, 2.05) is 43.7 Å². The van der Waals surface area contributed by atoms with Crippen LogP contribution in [-0.4, -0.2) is 29.4 Å². The number of rotatable bonds is 5. The number of aromatic nitrogens is 2. The summed E-state index contributed by atoms with van der Waals surface area (Å²) in [6.07, 6.45) is 3.78. The van der Waals surface area contributed by atoms with Crippen LogP contribution in [0, 0.1) is 0 Å². The van der Waals surface area contributed by atoms with Crippen LogP contribution >= 0.6 is 0 Å². The number of hydrogen-bond acceptors (Lipinski definition) is 3. The van der Waals surface area contributed by atoms with Crippen molar-refractivity contribution in [3.8, 4) is 11.1 Å². The van der Waals surface area contributed by atoms with Crippen molar-refractivity contribution < 1.29 is 9.53 Å². The second-order valence-corrected chi connectivity index (χ2v) is 4.31. The molecule has 0 saturated heterocycles. The van der Waals surface area contributed by atoms with E-state index < -0.39 is 0 Å². The average molecular weight is 259 g/mol. The molecule has 19 heavy (non-hydrogen) atoms. The fraction of sp³-hybridized carbons (Fsp3) is 0.286. The van der Waals surface area contributed by atoms with Crippen molar-refractivity contribution in [2.45, 2.75) is 6.54 Å². The second-order valence-electron chi connectivity index (χ2n) is 4.31. The Hall–Kier alpha value is -2.14. The highest BCUT2D eigenvalue weighted by molar-refractivity contribution is 5.77. The third-order valence-corrected chi connectivity index (χ3v) is 2.73. The minimum atomic E-state index is -0.116. The minimum Gasteiger partial charge on any atom is -0.375 e. The van der Waals surface area contributed by atoms with Gasteiger partial charge in [0.1, 0.15) is 6.61 Å². The number of aryl methyl sites for hydroxylation is 1. The summed E-state index contributed by atoms with van der Waals surface area (Å²) in [4.78, 5) is 11.3. The number of nitrogens with zero attached hydrogens (tertiary/aromatic N) is 2. The van der Waals surface area contributed by atoms with Gasteiger partial charge in [-0.05, 0) is 17.2 Å². The van der Waals surface area contributed by atoms with Gasteiger partial charge in [-0.1, -0.05) is 18.2 Å². The molecule has 0 spiro atoms. The minimum absolute atomic E-state index is 0.0856. The molecule has 2 aromatic rings. The fourth-order valence-electron chi connectivity index (χ4n) is 1.81. The Kier molecular flexibility index (Phi) is 4.30. The van der Waals surface area contributed by atoms with E-state index in [1.54, 1.807) is 4.68 Å². The van der Waals surface area contributed by atoms with Gasteiger partial charge in [0.15, 0.2) is 0 Å². The summed E-state index contributed by atoms with van der Waals surface area (Å²) >= 11 is 0. The molecule has 0 radical (unpaired) electrons. The molecule has 0 aliphatic rings. The standard InChI is InChI=1S/C14H17N3O2/c1-17-9-13(8-16-17)12-5-3-4-11(6-12)7-15-14(18)10-19-2/h3-6,8-9H,7,10H2,1-2H3,(H,15,18). The Morgan fingerprint density at radius 2 is 2.26 bits per heavy atom. The third-order valence-electron chi connectivity index (χ3n) is 2.73. The van der Waals surface area contributed by atoms with Crippen molar-refractivity contribution in [2.75, 3.05) is 13.7 Å². The maximum absolute atomic E-state index is 11.3. The summed E-state index contributed by atoms with van der Waals surface area (Å²) < 4.78 is 6.53. The van der Waals surface area contributed by atoms with E-state index in [0.717, 1.165) is 16.7 Å². The molecular weight excluding hydrogens is 242 g/mol. The molecular formula is C14H17N3O2. The van der Waals surface area contributed by atoms with Crippen LogP contribution in [0.5, 0.6) is 0 Å². The quantitative estimate of drug-likeness (QED) is 0.881. The Morgan fingerprint density at radius 3 is 2.95 bits per heavy atom. The van der Waals surface area contributed by atoms with Crippen LogP contribution in [0.3, 0.4) is 0 Å². The summed E-state index contributed by atoms with van der Waals surface area (Å²) in [5.74, 6) is -0.116. The van der Waals surface area contributed by atoms with E-state index in [-0.39, 0.29) is 12.5 Å². The summed E-state index contributed by atoms with van der Waals surface area (Å²) in [7, 11) is 3.39. The maximum Gasteiger partial charge on any atom is 0.246 e. The van der Waals surface area contributed by atoms with Crippen LogP contribution < -0.4 is 5.32 Å². The molecule has 0 atom stereocenters. The van der Waals surface area contributed by atoms with Gasteiger partial charge in [-0.15, -0.1) is 0 Å². The number of nitrogens with one attached hydrogen (secondary N) is 1. The Bertz CT molecular complexity index is 563. The van der Waals surface area contributed by atoms with Crippen LogP contribution in [0.1, 0.15) is 5.56 Å². The van der Waals surface area contributed by atoms with Crippen LogP contribution in [0.2, 0.25) is 0 Å². The van der Waals surface area contributed by atoms with Gasteiger partial charge < -0.3 is 10.1 Å². The first-order valence-corrected chi connectivity index (χ1v) is 6.02. The molecule has 100 valence electrons. The Labute approximate surface area is 112 Å². The maximum atomic E-state index is 11.3. The number of methoxy groups -OCH3 is 1. The first-order valence-electron chi connectivity index (χ1n) is 6.02. The Morgan fingerprint density at radius 1 is 1.42 bits per heavy atom. The fourth-order valence-corrected chi connectivity index (χ4v) is 1.81. The number of carbonyl (C=O) groups is 1. The lowest BCUT2D eigenvalue weighted by atomic mass is 10.1. The smallest absolute Gasteiger partial charge is 0.246 e. The zero-order valence-corrected chi connectivity index (χ0v) is 11.1. The summed E-state index contributed by atoms with van der Waals surface area (Å²) in [5, 5.41) is 6.95. The molecule has 1 amide bonds. The third kappa shape index (κ3) is 3.66.